The van der Waals surface area contributed by atoms with E-state index in [4.69, 9.17) is 4.74 Å². The highest BCUT2D eigenvalue weighted by Crippen LogP contribution is 2.35. The van der Waals surface area contributed by atoms with E-state index in [2.05, 4.69) is 35.8 Å². The van der Waals surface area contributed by atoms with E-state index in [0.717, 1.165) is 4.90 Å². The number of piperazine rings is 1. The van der Waals surface area contributed by atoms with Crippen LogP contribution in [0.25, 0.3) is 5.65 Å². The van der Waals surface area contributed by atoms with Crippen LogP contribution in [0, 0.1) is 0 Å². The maximum Gasteiger partial charge on any atom is 0.453 e. The molecule has 4 aliphatic rings. The quantitative estimate of drug-likeness (QED) is 0.264. The number of nitrogens with one attached hydrogen (secondary N) is 2. The lowest BCUT2D eigenvalue weighted by atomic mass is 9.92. The van der Waals surface area contributed by atoms with Crippen molar-refractivity contribution < 1.29 is 41.9 Å². The van der Waals surface area contributed by atoms with E-state index < -0.39 is 41.7 Å². The molecule has 3 aromatic heterocycles. The standard InChI is InChI=1S/C35H33F3N10O6/c36-35(37,38)34-43-42-26-11-13-28(44-48(26)34)54-21-7-5-20(6-8-21)40-30(50)19-4-10-25(39-18-19)46-16-14-45(15-17-46)23-3-1-2-22-29(23)33(53)47(32(22)52)24-9-12-27(49)41-31(24)51/h1-4,10-11,13,18,20-21,24H,5-9,12,14-17H2,(H,40,50)(H,41,49,51). The molecule has 280 valence electrons. The van der Waals surface area contributed by atoms with Crippen LogP contribution in [-0.4, -0.2) is 104 Å². The number of imide groups is 2. The summed E-state index contributed by atoms with van der Waals surface area (Å²) in [5.74, 6) is -2.99. The zero-order valence-electron chi connectivity index (χ0n) is 28.6. The van der Waals surface area contributed by atoms with Crippen LogP contribution in [0.2, 0.25) is 0 Å². The molecule has 2 saturated heterocycles. The molecule has 1 aliphatic carbocycles. The molecule has 54 heavy (non-hydrogen) atoms. The first-order valence-corrected chi connectivity index (χ1v) is 17.5. The molecule has 0 spiro atoms. The minimum atomic E-state index is -4.71. The van der Waals surface area contributed by atoms with Crippen molar-refractivity contribution in [3.63, 3.8) is 0 Å². The molecule has 3 fully saturated rings. The third kappa shape index (κ3) is 6.53. The van der Waals surface area contributed by atoms with Crippen molar-refractivity contribution in [2.24, 2.45) is 0 Å². The van der Waals surface area contributed by atoms with E-state index >= 15 is 0 Å². The fourth-order valence-electron chi connectivity index (χ4n) is 7.42. The molecule has 1 aromatic carbocycles. The Bertz CT molecular complexity index is 2160. The molecule has 1 unspecified atom stereocenters. The number of halogens is 3. The first kappa shape index (κ1) is 34.9. The number of hydrogen-bond acceptors (Lipinski definition) is 12. The molecule has 3 aliphatic heterocycles. The second-order valence-corrected chi connectivity index (χ2v) is 13.6. The number of rotatable bonds is 7. The second kappa shape index (κ2) is 13.7. The van der Waals surface area contributed by atoms with Gasteiger partial charge in [-0.15, -0.1) is 15.3 Å². The normalized spacial score (nSPS) is 22.1. The van der Waals surface area contributed by atoms with Gasteiger partial charge in [0.05, 0.1) is 22.4 Å². The van der Waals surface area contributed by atoms with Crippen molar-refractivity contribution in [1.82, 2.24) is 40.3 Å². The fourth-order valence-corrected chi connectivity index (χ4v) is 7.42. The van der Waals surface area contributed by atoms with Gasteiger partial charge in [0.1, 0.15) is 18.0 Å². The summed E-state index contributed by atoms with van der Waals surface area (Å²) in [4.78, 5) is 73.6. The molecule has 16 nitrogen and oxygen atoms in total. The van der Waals surface area contributed by atoms with E-state index in [1.807, 2.05) is 4.90 Å². The Balaban J connectivity index is 0.831. The summed E-state index contributed by atoms with van der Waals surface area (Å²) in [7, 11) is 0. The predicted octanol–water partition coefficient (Wildman–Crippen LogP) is 2.39. The Hall–Kier alpha value is -6.14. The lowest BCUT2D eigenvalue weighted by Crippen LogP contribution is -2.54. The third-order valence-electron chi connectivity index (χ3n) is 10.2. The zero-order valence-corrected chi connectivity index (χ0v) is 28.6. The number of amides is 5. The van der Waals surface area contributed by atoms with Gasteiger partial charge in [-0.1, -0.05) is 6.07 Å². The van der Waals surface area contributed by atoms with Gasteiger partial charge in [0.15, 0.2) is 5.65 Å². The molecule has 19 heteroatoms. The Kier molecular flexibility index (Phi) is 8.85. The van der Waals surface area contributed by atoms with Gasteiger partial charge >= 0.3 is 6.18 Å². The van der Waals surface area contributed by atoms with E-state index in [0.29, 0.717) is 73.4 Å². The molecule has 1 atom stereocenters. The van der Waals surface area contributed by atoms with Crippen molar-refractivity contribution in [2.75, 3.05) is 36.0 Å². The number of anilines is 2. The number of alkyl halides is 3. The number of carbonyl (C=O) groups is 5. The lowest BCUT2D eigenvalue weighted by Gasteiger charge is -2.37. The molecule has 0 radical (unpaired) electrons. The fraction of sp³-hybridized carbons (Fsp3) is 0.400. The van der Waals surface area contributed by atoms with Crippen molar-refractivity contribution in [3.05, 3.63) is 71.2 Å². The number of hydrogen-bond donors (Lipinski definition) is 2. The monoisotopic (exact) mass is 746 g/mol. The third-order valence-corrected chi connectivity index (χ3v) is 10.2. The van der Waals surface area contributed by atoms with Crippen LogP contribution in [0.5, 0.6) is 5.88 Å². The van der Waals surface area contributed by atoms with Crippen LogP contribution in [-0.2, 0) is 15.8 Å². The number of ether oxygens (including phenoxy) is 1. The van der Waals surface area contributed by atoms with Gasteiger partial charge in [-0.2, -0.15) is 17.7 Å². The van der Waals surface area contributed by atoms with E-state index in [-0.39, 0.29) is 53.5 Å². The van der Waals surface area contributed by atoms with Crippen LogP contribution >= 0.6 is 0 Å². The van der Waals surface area contributed by atoms with Crippen LogP contribution in [0.1, 0.15) is 75.4 Å². The average molecular weight is 747 g/mol. The average Bonchev–Trinajstić information content (AvgIpc) is 3.71. The maximum atomic E-state index is 13.6. The number of piperidine rings is 1. The maximum absolute atomic E-state index is 13.6. The highest BCUT2D eigenvalue weighted by molar-refractivity contribution is 6.25. The largest absolute Gasteiger partial charge is 0.473 e. The lowest BCUT2D eigenvalue weighted by molar-refractivity contribution is -0.146. The van der Waals surface area contributed by atoms with Gasteiger partial charge in [-0.05, 0) is 62.4 Å². The van der Waals surface area contributed by atoms with Crippen LogP contribution < -0.4 is 25.2 Å². The summed E-state index contributed by atoms with van der Waals surface area (Å²) >= 11 is 0. The van der Waals surface area contributed by atoms with Gasteiger partial charge in [0.25, 0.3) is 23.5 Å². The molecule has 2 N–H and O–H groups in total. The van der Waals surface area contributed by atoms with Crippen molar-refractivity contribution in [2.45, 2.75) is 62.9 Å². The van der Waals surface area contributed by atoms with Gasteiger partial charge < -0.3 is 19.9 Å². The summed E-state index contributed by atoms with van der Waals surface area (Å²) in [6.45, 7) is 2.15. The van der Waals surface area contributed by atoms with Gasteiger partial charge in [0.2, 0.25) is 17.7 Å². The number of benzene rings is 1. The Morgan fingerprint density at radius 2 is 1.63 bits per heavy atom. The smallest absolute Gasteiger partial charge is 0.453 e. The number of aromatic nitrogens is 5. The minimum Gasteiger partial charge on any atom is -0.473 e. The van der Waals surface area contributed by atoms with E-state index in [9.17, 15) is 37.1 Å². The second-order valence-electron chi connectivity index (χ2n) is 13.6. The van der Waals surface area contributed by atoms with Crippen LogP contribution in [0.3, 0.4) is 0 Å². The van der Waals surface area contributed by atoms with Crippen LogP contribution in [0.15, 0.2) is 48.7 Å². The summed E-state index contributed by atoms with van der Waals surface area (Å²) in [5.41, 5.74) is 1.43. The summed E-state index contributed by atoms with van der Waals surface area (Å²) in [6, 6.07) is 10.2. The Morgan fingerprint density at radius 3 is 2.33 bits per heavy atom. The number of nitrogens with zero attached hydrogens (tertiary/aromatic N) is 8. The number of fused-ring (bicyclic) bond motifs is 2. The minimum absolute atomic E-state index is 0.0291. The first-order valence-electron chi connectivity index (χ1n) is 17.5. The van der Waals surface area contributed by atoms with E-state index in [1.54, 1.807) is 30.3 Å². The van der Waals surface area contributed by atoms with Crippen molar-refractivity contribution in [3.8, 4) is 5.88 Å². The summed E-state index contributed by atoms with van der Waals surface area (Å²) < 4.78 is 46.2. The topological polar surface area (TPSA) is 184 Å². The molecule has 1 saturated carbocycles. The van der Waals surface area contributed by atoms with Gasteiger partial charge in [-0.25, -0.2) is 4.98 Å². The number of carbonyl (C=O) groups excluding carboxylic acids is 5. The summed E-state index contributed by atoms with van der Waals surface area (Å²) in [6.07, 6.45) is -1.01. The SMILES string of the molecule is O=C1CCC(N2C(=O)c3cccc(N4CCN(c5ccc(C(=O)NC6CCC(Oc7ccc8nnc(C(F)(F)F)n8n7)CC6)cn5)CC4)c3C2=O)C(=O)N1. The highest BCUT2D eigenvalue weighted by atomic mass is 19.4. The van der Waals surface area contributed by atoms with Crippen molar-refractivity contribution >= 4 is 46.7 Å². The zero-order chi connectivity index (χ0) is 37.7. The number of pyridine rings is 1. The van der Waals surface area contributed by atoms with E-state index in [1.165, 1.54) is 18.3 Å². The molecular weight excluding hydrogens is 713 g/mol. The van der Waals surface area contributed by atoms with Crippen LogP contribution in [0.4, 0.5) is 24.7 Å². The molecule has 5 amide bonds. The molecule has 8 rings (SSSR count). The molecule has 4 aromatic rings. The predicted molar refractivity (Wildman–Crippen MR) is 182 cm³/mol. The van der Waals surface area contributed by atoms with Gasteiger partial charge in [-0.3, -0.25) is 34.2 Å². The molecular formula is C35H33F3N10O6. The summed E-state index contributed by atoms with van der Waals surface area (Å²) in [5, 5.41) is 15.8. The molecule has 6 heterocycles. The Labute approximate surface area is 304 Å². The van der Waals surface area contributed by atoms with Gasteiger partial charge in [0, 0.05) is 50.9 Å². The van der Waals surface area contributed by atoms with Crippen molar-refractivity contribution in [1.29, 1.82) is 0 Å². The molecule has 0 bridgehead atoms. The highest BCUT2D eigenvalue weighted by Gasteiger charge is 2.46. The first-order chi connectivity index (χ1) is 25.9. The Morgan fingerprint density at radius 1 is 0.870 bits per heavy atom.